The average molecular weight is 363 g/mol. The maximum atomic E-state index is 13.6. The van der Waals surface area contributed by atoms with Crippen LogP contribution in [0.2, 0.25) is 0 Å². The Kier molecular flexibility index (Phi) is 5.22. The first kappa shape index (κ1) is 16.6. The molecule has 4 nitrogen and oxygen atoms in total. The van der Waals surface area contributed by atoms with Crippen LogP contribution in [0.1, 0.15) is 11.3 Å². The van der Waals surface area contributed by atoms with Gasteiger partial charge in [0.05, 0.1) is 24.1 Å². The molecule has 1 aromatic carbocycles. The molecule has 2 heterocycles. The standard InChI is InChI=1S/C17H14FNO3S2/c1-21-14-5-4-11(7-13(14)18)8-16(20)22-9-12-10-24-17(19-12)15-3-2-6-23-15/h2-7,10H,8-9H2,1H3. The van der Waals surface area contributed by atoms with E-state index in [9.17, 15) is 9.18 Å². The van der Waals surface area contributed by atoms with Crippen molar-refractivity contribution in [2.75, 3.05) is 7.11 Å². The number of hydrogen-bond acceptors (Lipinski definition) is 6. The molecule has 2 aromatic heterocycles. The highest BCUT2D eigenvalue weighted by atomic mass is 32.1. The predicted octanol–water partition coefficient (Wildman–Crippen LogP) is 4.31. The zero-order valence-electron chi connectivity index (χ0n) is 12.8. The number of benzene rings is 1. The Morgan fingerprint density at radius 2 is 2.17 bits per heavy atom. The van der Waals surface area contributed by atoms with Crippen molar-refractivity contribution in [2.24, 2.45) is 0 Å². The highest BCUT2D eigenvalue weighted by molar-refractivity contribution is 7.20. The summed E-state index contributed by atoms with van der Waals surface area (Å²) in [4.78, 5) is 17.4. The van der Waals surface area contributed by atoms with Crippen molar-refractivity contribution in [1.82, 2.24) is 4.98 Å². The van der Waals surface area contributed by atoms with Crippen molar-refractivity contribution >= 4 is 28.6 Å². The van der Waals surface area contributed by atoms with Crippen LogP contribution in [0.25, 0.3) is 9.88 Å². The Hall–Kier alpha value is -2.25. The molecule has 0 aliphatic rings. The van der Waals surface area contributed by atoms with Crippen LogP contribution in [0.4, 0.5) is 4.39 Å². The number of ether oxygens (including phenoxy) is 2. The summed E-state index contributed by atoms with van der Waals surface area (Å²) < 4.78 is 23.7. The second kappa shape index (κ2) is 7.55. The number of thiazole rings is 1. The van der Waals surface area contributed by atoms with Gasteiger partial charge < -0.3 is 9.47 Å². The molecule has 124 valence electrons. The van der Waals surface area contributed by atoms with Gasteiger partial charge in [-0.15, -0.1) is 22.7 Å². The molecule has 0 aliphatic carbocycles. The SMILES string of the molecule is COc1ccc(CC(=O)OCc2csc(-c3cccs3)n2)cc1F. The third-order valence-corrected chi connectivity index (χ3v) is 5.16. The molecule has 0 atom stereocenters. The number of methoxy groups -OCH3 is 1. The summed E-state index contributed by atoms with van der Waals surface area (Å²) in [6.45, 7) is 0.110. The van der Waals surface area contributed by atoms with Crippen LogP contribution >= 0.6 is 22.7 Å². The summed E-state index contributed by atoms with van der Waals surface area (Å²) in [5.74, 6) is -0.774. The number of thiophene rings is 1. The molecule has 0 fully saturated rings. The van der Waals surface area contributed by atoms with Crippen molar-refractivity contribution in [1.29, 1.82) is 0 Å². The van der Waals surface area contributed by atoms with Gasteiger partial charge in [0.15, 0.2) is 11.6 Å². The molecular weight excluding hydrogens is 349 g/mol. The number of hydrogen-bond donors (Lipinski definition) is 0. The molecule has 0 amide bonds. The van der Waals surface area contributed by atoms with Crippen molar-refractivity contribution in [3.8, 4) is 15.6 Å². The first-order valence-corrected chi connectivity index (χ1v) is 8.88. The molecule has 0 spiro atoms. The Morgan fingerprint density at radius 3 is 2.88 bits per heavy atom. The summed E-state index contributed by atoms with van der Waals surface area (Å²) in [5.41, 5.74) is 1.24. The molecule has 3 rings (SSSR count). The fraction of sp³-hybridized carbons (Fsp3) is 0.176. The molecule has 0 bridgehead atoms. The Balaban J connectivity index is 1.55. The van der Waals surface area contributed by atoms with Crippen LogP contribution in [0.15, 0.2) is 41.1 Å². The van der Waals surface area contributed by atoms with Gasteiger partial charge in [0.2, 0.25) is 0 Å². The Bertz CT molecular complexity index is 830. The number of rotatable bonds is 6. The molecule has 0 saturated carbocycles. The molecule has 0 unspecified atom stereocenters. The van der Waals surface area contributed by atoms with Crippen molar-refractivity contribution < 1.29 is 18.7 Å². The van der Waals surface area contributed by atoms with E-state index in [2.05, 4.69) is 4.98 Å². The van der Waals surface area contributed by atoms with E-state index in [1.54, 1.807) is 17.4 Å². The lowest BCUT2D eigenvalue weighted by Gasteiger charge is -2.05. The van der Waals surface area contributed by atoms with Crippen LogP contribution in [-0.2, 0) is 22.6 Å². The number of halogens is 1. The Labute approximate surface area is 146 Å². The van der Waals surface area contributed by atoms with Gasteiger partial charge in [-0.1, -0.05) is 12.1 Å². The number of nitrogens with zero attached hydrogens (tertiary/aromatic N) is 1. The first-order chi connectivity index (χ1) is 11.7. The molecule has 0 radical (unpaired) electrons. The number of carbonyl (C=O) groups is 1. The molecule has 24 heavy (non-hydrogen) atoms. The molecule has 0 saturated heterocycles. The average Bonchev–Trinajstić information content (AvgIpc) is 3.24. The van der Waals surface area contributed by atoms with Gasteiger partial charge in [-0.25, -0.2) is 9.37 Å². The quantitative estimate of drug-likeness (QED) is 0.613. The fourth-order valence-electron chi connectivity index (χ4n) is 2.08. The van der Waals surface area contributed by atoms with Gasteiger partial charge in [0.25, 0.3) is 0 Å². The van der Waals surface area contributed by atoms with Gasteiger partial charge in [-0.2, -0.15) is 0 Å². The molecule has 0 N–H and O–H groups in total. The van der Waals surface area contributed by atoms with Gasteiger partial charge >= 0.3 is 5.97 Å². The van der Waals surface area contributed by atoms with E-state index in [1.807, 2.05) is 22.9 Å². The highest BCUT2D eigenvalue weighted by Gasteiger charge is 2.11. The van der Waals surface area contributed by atoms with Gasteiger partial charge in [0.1, 0.15) is 11.6 Å². The van der Waals surface area contributed by atoms with Crippen LogP contribution in [0.3, 0.4) is 0 Å². The maximum Gasteiger partial charge on any atom is 0.310 e. The maximum absolute atomic E-state index is 13.6. The van der Waals surface area contributed by atoms with Crippen LogP contribution in [0.5, 0.6) is 5.75 Å². The largest absolute Gasteiger partial charge is 0.494 e. The zero-order valence-corrected chi connectivity index (χ0v) is 14.5. The van der Waals surface area contributed by atoms with E-state index in [4.69, 9.17) is 9.47 Å². The van der Waals surface area contributed by atoms with Crippen LogP contribution in [0, 0.1) is 5.82 Å². The second-order valence-electron chi connectivity index (χ2n) is 4.93. The minimum Gasteiger partial charge on any atom is -0.494 e. The molecule has 3 aromatic rings. The lowest BCUT2D eigenvalue weighted by molar-refractivity contribution is -0.144. The predicted molar refractivity (Wildman–Crippen MR) is 91.9 cm³/mol. The third kappa shape index (κ3) is 3.98. The summed E-state index contributed by atoms with van der Waals surface area (Å²) in [7, 11) is 1.39. The smallest absolute Gasteiger partial charge is 0.310 e. The minimum absolute atomic E-state index is 0.00281. The summed E-state index contributed by atoms with van der Waals surface area (Å²) >= 11 is 3.13. The lowest BCUT2D eigenvalue weighted by atomic mass is 10.1. The van der Waals surface area contributed by atoms with Crippen molar-refractivity contribution in [3.05, 3.63) is 58.2 Å². The fourth-order valence-corrected chi connectivity index (χ4v) is 3.70. The molecule has 7 heteroatoms. The van der Waals surface area contributed by atoms with E-state index < -0.39 is 11.8 Å². The van der Waals surface area contributed by atoms with E-state index in [-0.39, 0.29) is 18.8 Å². The summed E-state index contributed by atoms with van der Waals surface area (Å²) in [5, 5.41) is 4.77. The van der Waals surface area contributed by atoms with E-state index in [0.29, 0.717) is 11.3 Å². The molecule has 0 aliphatic heterocycles. The summed E-state index contributed by atoms with van der Waals surface area (Å²) in [6, 6.07) is 8.37. The first-order valence-electron chi connectivity index (χ1n) is 7.12. The van der Waals surface area contributed by atoms with Crippen molar-refractivity contribution in [3.63, 3.8) is 0 Å². The van der Waals surface area contributed by atoms with Crippen LogP contribution < -0.4 is 4.74 Å². The normalized spacial score (nSPS) is 10.6. The van der Waals surface area contributed by atoms with E-state index in [0.717, 1.165) is 9.88 Å². The number of carbonyl (C=O) groups excluding carboxylic acids is 1. The number of esters is 1. The van der Waals surface area contributed by atoms with Gasteiger partial charge in [-0.3, -0.25) is 4.79 Å². The van der Waals surface area contributed by atoms with Gasteiger partial charge in [0, 0.05) is 5.38 Å². The van der Waals surface area contributed by atoms with Crippen LogP contribution in [-0.4, -0.2) is 18.1 Å². The van der Waals surface area contributed by atoms with Crippen molar-refractivity contribution in [2.45, 2.75) is 13.0 Å². The van der Waals surface area contributed by atoms with E-state index >= 15 is 0 Å². The van der Waals surface area contributed by atoms with E-state index in [1.165, 1.54) is 30.6 Å². The third-order valence-electron chi connectivity index (χ3n) is 3.23. The molecular formula is C17H14FNO3S2. The monoisotopic (exact) mass is 363 g/mol. The second-order valence-corrected chi connectivity index (χ2v) is 6.73. The van der Waals surface area contributed by atoms with Gasteiger partial charge in [-0.05, 0) is 29.1 Å². The minimum atomic E-state index is -0.497. The summed E-state index contributed by atoms with van der Waals surface area (Å²) in [6.07, 6.45) is 0.00281. The Morgan fingerprint density at radius 1 is 1.29 bits per heavy atom. The zero-order chi connectivity index (χ0) is 16.9. The highest BCUT2D eigenvalue weighted by Crippen LogP contribution is 2.28. The topological polar surface area (TPSA) is 48.4 Å². The lowest BCUT2D eigenvalue weighted by Crippen LogP contribution is -2.08. The number of aromatic nitrogens is 1.